The summed E-state index contributed by atoms with van der Waals surface area (Å²) in [6.07, 6.45) is 0. The molecular formula is C6H4B4N2. The molecule has 0 bridgehead atoms. The highest BCUT2D eigenvalue weighted by molar-refractivity contribution is 6.61. The van der Waals surface area contributed by atoms with E-state index in [1.54, 1.807) is 0 Å². The molecule has 0 aromatic heterocycles. The molecule has 0 saturated heterocycles. The zero-order chi connectivity index (χ0) is 9.30. The zero-order valence-electron chi connectivity index (χ0n) is 6.46. The normalized spacial score (nSPS) is 9.75. The van der Waals surface area contributed by atoms with Crippen LogP contribution in [-0.4, -0.2) is 31.4 Å². The predicted octanol–water partition coefficient (Wildman–Crippen LogP) is -3.85. The van der Waals surface area contributed by atoms with E-state index >= 15 is 0 Å². The Bertz CT molecular complexity index is 313. The van der Waals surface area contributed by atoms with Crippen LogP contribution >= 0.6 is 0 Å². The molecule has 0 aliphatic rings. The summed E-state index contributed by atoms with van der Waals surface area (Å²) >= 11 is 0. The maximum Gasteiger partial charge on any atom is 0.116 e. The van der Waals surface area contributed by atoms with Gasteiger partial charge in [0.15, 0.2) is 0 Å². The molecule has 0 amide bonds. The van der Waals surface area contributed by atoms with E-state index in [4.69, 9.17) is 37.2 Å². The molecular weight excluding hydrogens is 143 g/mol. The van der Waals surface area contributed by atoms with Gasteiger partial charge in [0.25, 0.3) is 0 Å². The number of benzene rings is 1. The second-order valence-corrected chi connectivity index (χ2v) is 2.40. The fraction of sp³-hybridized carbons (Fsp3) is 0. The number of nitrogens with two attached hydrogens (primary N) is 1. The van der Waals surface area contributed by atoms with Gasteiger partial charge in [0, 0.05) is 5.69 Å². The molecule has 0 spiro atoms. The van der Waals surface area contributed by atoms with E-state index in [1.807, 2.05) is 0 Å². The number of nitrogen functional groups attached to an aromatic ring is 1. The molecule has 0 atom stereocenters. The van der Waals surface area contributed by atoms with Crippen LogP contribution in [-0.2, 0) is 0 Å². The number of nitrogens with one attached hydrogen (secondary N) is 1. The summed E-state index contributed by atoms with van der Waals surface area (Å²) in [5, 5.41) is 0. The minimum absolute atomic E-state index is 0.273. The van der Waals surface area contributed by atoms with Crippen molar-refractivity contribution in [3.63, 3.8) is 0 Å². The van der Waals surface area contributed by atoms with Gasteiger partial charge in [-0.3, -0.25) is 5.84 Å². The van der Waals surface area contributed by atoms with E-state index in [0.717, 1.165) is 0 Å². The lowest BCUT2D eigenvalue weighted by Gasteiger charge is -2.15. The lowest BCUT2D eigenvalue weighted by molar-refractivity contribution is 1.38. The summed E-state index contributed by atoms with van der Waals surface area (Å²) in [4.78, 5) is 0. The smallest absolute Gasteiger partial charge is 0.116 e. The van der Waals surface area contributed by atoms with Crippen LogP contribution in [0.4, 0.5) is 5.69 Å². The zero-order valence-corrected chi connectivity index (χ0v) is 6.46. The molecule has 1 aromatic rings. The summed E-state index contributed by atoms with van der Waals surface area (Å²) in [5.41, 5.74) is 4.04. The van der Waals surface area contributed by atoms with Crippen LogP contribution in [0.2, 0.25) is 0 Å². The van der Waals surface area contributed by atoms with E-state index < -0.39 is 0 Å². The molecule has 0 heterocycles. The molecule has 0 aliphatic heterocycles. The second kappa shape index (κ2) is 3.31. The van der Waals surface area contributed by atoms with Gasteiger partial charge in [-0.05, 0) is 0 Å². The quantitative estimate of drug-likeness (QED) is 0.242. The molecule has 1 aromatic carbocycles. The summed E-state index contributed by atoms with van der Waals surface area (Å²) in [5.74, 6) is 5.16. The SMILES string of the molecule is [B]c1cc([B])c(NN)c([B])c1[B]. The van der Waals surface area contributed by atoms with Gasteiger partial charge in [-0.2, -0.15) is 0 Å². The van der Waals surface area contributed by atoms with Gasteiger partial charge in [-0.15, -0.1) is 10.9 Å². The van der Waals surface area contributed by atoms with Crippen molar-refractivity contribution in [2.75, 3.05) is 5.43 Å². The number of anilines is 1. The number of hydrogen-bond acceptors (Lipinski definition) is 2. The Morgan fingerprint density at radius 1 is 1.00 bits per heavy atom. The van der Waals surface area contributed by atoms with Crippen LogP contribution in [0.15, 0.2) is 6.07 Å². The molecule has 6 heteroatoms. The molecule has 3 N–H and O–H groups in total. The first-order valence-corrected chi connectivity index (χ1v) is 3.27. The standard InChI is InChI=1S/C6H4B4N2/c7-2-1-3(8)6(12-11)5(10)4(2)9/h1,12H,11H2. The predicted molar refractivity (Wildman–Crippen MR) is 55.8 cm³/mol. The first-order chi connectivity index (χ1) is 5.57. The molecule has 12 heavy (non-hydrogen) atoms. The third kappa shape index (κ3) is 1.39. The third-order valence-electron chi connectivity index (χ3n) is 1.61. The Morgan fingerprint density at radius 3 is 2.08 bits per heavy atom. The van der Waals surface area contributed by atoms with Crippen LogP contribution in [0.3, 0.4) is 0 Å². The van der Waals surface area contributed by atoms with Crippen molar-refractivity contribution < 1.29 is 0 Å². The summed E-state index contributed by atoms with van der Waals surface area (Å²) < 4.78 is 0. The average Bonchev–Trinajstić information content (AvgIpc) is 2.01. The Balaban J connectivity index is 3.40. The topological polar surface area (TPSA) is 38.0 Å². The molecule has 0 unspecified atom stereocenters. The van der Waals surface area contributed by atoms with Gasteiger partial charge < -0.3 is 5.43 Å². The molecule has 0 saturated carbocycles. The van der Waals surface area contributed by atoms with Crippen LogP contribution in [0.5, 0.6) is 0 Å². The third-order valence-corrected chi connectivity index (χ3v) is 1.61. The minimum Gasteiger partial charge on any atom is -0.325 e. The van der Waals surface area contributed by atoms with Crippen molar-refractivity contribution in [2.24, 2.45) is 5.84 Å². The van der Waals surface area contributed by atoms with Gasteiger partial charge in [0.2, 0.25) is 0 Å². The van der Waals surface area contributed by atoms with Crippen LogP contribution < -0.4 is 33.1 Å². The first-order valence-electron chi connectivity index (χ1n) is 3.27. The monoisotopic (exact) mass is 148 g/mol. The minimum atomic E-state index is 0.273. The summed E-state index contributed by atoms with van der Waals surface area (Å²) in [6, 6.07) is 1.50. The van der Waals surface area contributed by atoms with E-state index in [2.05, 4.69) is 5.43 Å². The van der Waals surface area contributed by atoms with Crippen molar-refractivity contribution in [1.29, 1.82) is 0 Å². The molecule has 0 aliphatic carbocycles. The lowest BCUT2D eigenvalue weighted by atomic mass is 9.68. The number of rotatable bonds is 1. The van der Waals surface area contributed by atoms with Crippen LogP contribution in [0, 0.1) is 0 Å². The van der Waals surface area contributed by atoms with Crippen LogP contribution in [0.1, 0.15) is 0 Å². The Hall–Kier alpha value is -0.760. The van der Waals surface area contributed by atoms with Gasteiger partial charge in [-0.25, -0.2) is 0 Å². The fourth-order valence-electron chi connectivity index (χ4n) is 0.924. The highest BCUT2D eigenvalue weighted by atomic mass is 15.2. The van der Waals surface area contributed by atoms with Gasteiger partial charge in [-0.1, -0.05) is 17.0 Å². The Morgan fingerprint density at radius 2 is 1.58 bits per heavy atom. The summed E-state index contributed by atoms with van der Waals surface area (Å²) in [7, 11) is 22.1. The van der Waals surface area contributed by atoms with Crippen molar-refractivity contribution in [1.82, 2.24) is 0 Å². The fourth-order valence-corrected chi connectivity index (χ4v) is 0.924. The van der Waals surface area contributed by atoms with Gasteiger partial charge >= 0.3 is 0 Å². The maximum absolute atomic E-state index is 5.57. The van der Waals surface area contributed by atoms with Crippen LogP contribution in [0.25, 0.3) is 0 Å². The Labute approximate surface area is 76.9 Å². The Kier molecular flexibility index (Phi) is 2.58. The largest absolute Gasteiger partial charge is 0.325 e. The highest BCUT2D eigenvalue weighted by Crippen LogP contribution is 1.89. The van der Waals surface area contributed by atoms with Gasteiger partial charge in [0.1, 0.15) is 31.4 Å². The van der Waals surface area contributed by atoms with E-state index in [1.165, 1.54) is 6.07 Å². The molecule has 50 valence electrons. The van der Waals surface area contributed by atoms with Crippen molar-refractivity contribution >= 4 is 58.9 Å². The second-order valence-electron chi connectivity index (χ2n) is 2.40. The van der Waals surface area contributed by atoms with Gasteiger partial charge in [0.05, 0.1) is 0 Å². The first kappa shape index (κ1) is 9.33. The molecule has 0 fully saturated rings. The molecule has 8 radical (unpaired) electrons. The maximum atomic E-state index is 5.57. The number of hydrogen-bond donors (Lipinski definition) is 2. The molecule has 1 rings (SSSR count). The molecule has 2 nitrogen and oxygen atoms in total. The summed E-state index contributed by atoms with van der Waals surface area (Å²) in [6.45, 7) is 0. The van der Waals surface area contributed by atoms with E-state index in [0.29, 0.717) is 16.6 Å². The van der Waals surface area contributed by atoms with E-state index in [9.17, 15) is 0 Å². The van der Waals surface area contributed by atoms with Crippen molar-refractivity contribution in [2.45, 2.75) is 0 Å². The lowest BCUT2D eigenvalue weighted by Crippen LogP contribution is -2.45. The average molecular weight is 147 g/mol. The van der Waals surface area contributed by atoms with E-state index in [-0.39, 0.29) is 10.9 Å². The van der Waals surface area contributed by atoms with Crippen molar-refractivity contribution in [3.8, 4) is 0 Å². The van der Waals surface area contributed by atoms with Crippen molar-refractivity contribution in [3.05, 3.63) is 6.07 Å². The highest BCUT2D eigenvalue weighted by Gasteiger charge is 2.03. The number of hydrazine groups is 1.